The molecule has 0 aromatic heterocycles. The molecule has 14 heavy (non-hydrogen) atoms. The molecule has 1 atom stereocenters. The molecule has 0 heterocycles. The lowest BCUT2D eigenvalue weighted by Gasteiger charge is -2.31. The third kappa shape index (κ3) is 2.04. The monoisotopic (exact) mass is 202 g/mol. The lowest BCUT2D eigenvalue weighted by atomic mass is 9.86. The molecule has 0 spiro atoms. The number of carbonyl (C=O) groups excluding carboxylic acids is 1. The average Bonchev–Trinajstić information content (AvgIpc) is 2.13. The number of nitrogens with two attached hydrogens (primary N) is 1. The summed E-state index contributed by atoms with van der Waals surface area (Å²) in [5, 5.41) is 8.95. The second kappa shape index (κ2) is 4.41. The van der Waals surface area contributed by atoms with Crippen molar-refractivity contribution >= 4 is 11.9 Å². The average molecular weight is 202 g/mol. The fourth-order valence-electron chi connectivity index (χ4n) is 1.04. The van der Waals surface area contributed by atoms with Gasteiger partial charge in [0.1, 0.15) is 0 Å². The minimum absolute atomic E-state index is 0.442. The van der Waals surface area contributed by atoms with Crippen LogP contribution in [-0.2, 0) is 9.59 Å². The zero-order valence-electron chi connectivity index (χ0n) is 9.07. The van der Waals surface area contributed by atoms with Crippen molar-refractivity contribution in [2.75, 3.05) is 13.6 Å². The molecular weight excluding hydrogens is 184 g/mol. The van der Waals surface area contributed by atoms with Crippen LogP contribution in [0.2, 0.25) is 0 Å². The van der Waals surface area contributed by atoms with Gasteiger partial charge in [-0.05, 0) is 12.8 Å². The molecule has 0 rings (SSSR count). The molecule has 0 aliphatic heterocycles. The van der Waals surface area contributed by atoms with Crippen LogP contribution in [0.4, 0.5) is 0 Å². The largest absolute Gasteiger partial charge is 0.479 e. The highest BCUT2D eigenvalue weighted by atomic mass is 16.4. The Morgan fingerprint density at radius 3 is 2.14 bits per heavy atom. The van der Waals surface area contributed by atoms with Gasteiger partial charge in [-0.1, -0.05) is 13.8 Å². The van der Waals surface area contributed by atoms with Gasteiger partial charge in [0.2, 0.25) is 0 Å². The van der Waals surface area contributed by atoms with Gasteiger partial charge in [0, 0.05) is 13.6 Å². The van der Waals surface area contributed by atoms with E-state index < -0.39 is 23.3 Å². The van der Waals surface area contributed by atoms with E-state index in [0.29, 0.717) is 6.54 Å². The molecule has 0 aromatic rings. The smallest absolute Gasteiger partial charge is 0.333 e. The van der Waals surface area contributed by atoms with Crippen molar-refractivity contribution in [1.82, 2.24) is 4.90 Å². The molecule has 0 radical (unpaired) electrons. The van der Waals surface area contributed by atoms with Gasteiger partial charge in [-0.25, -0.2) is 4.79 Å². The molecule has 82 valence electrons. The zero-order chi connectivity index (χ0) is 11.5. The lowest BCUT2D eigenvalue weighted by molar-refractivity contribution is -0.155. The van der Waals surface area contributed by atoms with Crippen LogP contribution >= 0.6 is 0 Å². The molecule has 5 nitrogen and oxygen atoms in total. The highest BCUT2D eigenvalue weighted by Gasteiger charge is 2.46. The summed E-state index contributed by atoms with van der Waals surface area (Å²) in [4.78, 5) is 24.0. The van der Waals surface area contributed by atoms with Crippen LogP contribution in [0.15, 0.2) is 0 Å². The number of carboxylic acids is 1. The molecule has 0 aromatic carbocycles. The van der Waals surface area contributed by atoms with E-state index in [0.717, 1.165) is 0 Å². The molecule has 0 unspecified atom stereocenters. The summed E-state index contributed by atoms with van der Waals surface area (Å²) in [6.45, 7) is 5.45. The van der Waals surface area contributed by atoms with Crippen LogP contribution in [-0.4, -0.2) is 41.0 Å². The van der Waals surface area contributed by atoms with Crippen LogP contribution in [0.5, 0.6) is 0 Å². The normalized spacial score (nSPS) is 15.0. The summed E-state index contributed by atoms with van der Waals surface area (Å²) < 4.78 is 0. The number of rotatable bonds is 4. The Morgan fingerprint density at radius 1 is 1.50 bits per heavy atom. The van der Waals surface area contributed by atoms with E-state index in [1.807, 2.05) is 0 Å². The SMILES string of the molecule is CCN(C)C(=O)[C@](N)(C(=O)O)C(C)C. The van der Waals surface area contributed by atoms with Crippen LogP contribution in [0.3, 0.4) is 0 Å². The maximum absolute atomic E-state index is 11.7. The maximum Gasteiger partial charge on any atom is 0.333 e. The first kappa shape index (κ1) is 12.9. The predicted molar refractivity (Wildman–Crippen MR) is 52.7 cm³/mol. The quantitative estimate of drug-likeness (QED) is 0.624. The first-order valence-electron chi connectivity index (χ1n) is 4.56. The van der Waals surface area contributed by atoms with Crippen molar-refractivity contribution < 1.29 is 14.7 Å². The number of amides is 1. The fraction of sp³-hybridized carbons (Fsp3) is 0.778. The van der Waals surface area contributed by atoms with E-state index in [1.165, 1.54) is 11.9 Å². The van der Waals surface area contributed by atoms with Gasteiger partial charge in [0.05, 0.1) is 0 Å². The first-order chi connectivity index (χ1) is 6.28. The molecule has 0 bridgehead atoms. The van der Waals surface area contributed by atoms with Crippen molar-refractivity contribution in [2.45, 2.75) is 26.3 Å². The lowest BCUT2D eigenvalue weighted by Crippen LogP contribution is -2.63. The summed E-state index contributed by atoms with van der Waals surface area (Å²) in [6, 6.07) is 0. The first-order valence-corrected chi connectivity index (χ1v) is 4.56. The van der Waals surface area contributed by atoms with Gasteiger partial charge in [0.25, 0.3) is 5.91 Å². The minimum Gasteiger partial charge on any atom is -0.479 e. The number of hydrogen-bond donors (Lipinski definition) is 2. The van der Waals surface area contributed by atoms with Crippen molar-refractivity contribution in [3.05, 3.63) is 0 Å². The van der Waals surface area contributed by atoms with Gasteiger partial charge in [-0.3, -0.25) is 4.79 Å². The molecular formula is C9H18N2O3. The third-order valence-corrected chi connectivity index (χ3v) is 2.44. The summed E-state index contributed by atoms with van der Waals surface area (Å²) in [5.74, 6) is -2.28. The predicted octanol–water partition coefficient (Wildman–Crippen LogP) is -0.0972. The summed E-state index contributed by atoms with van der Waals surface area (Å²) in [7, 11) is 1.54. The Bertz CT molecular complexity index is 240. The standard InChI is InChI=1S/C9H18N2O3/c1-5-11(4)7(12)9(10,6(2)3)8(13)14/h6H,5,10H2,1-4H3,(H,13,14)/t9-/m0/s1. The van der Waals surface area contributed by atoms with Gasteiger partial charge >= 0.3 is 5.97 Å². The Morgan fingerprint density at radius 2 is 1.93 bits per heavy atom. The Labute approximate surface area is 83.9 Å². The van der Waals surface area contributed by atoms with Gasteiger partial charge in [0.15, 0.2) is 5.54 Å². The number of aliphatic carboxylic acids is 1. The molecule has 1 amide bonds. The molecule has 0 saturated carbocycles. The van der Waals surface area contributed by atoms with Gasteiger partial charge in [-0.2, -0.15) is 0 Å². The van der Waals surface area contributed by atoms with Gasteiger partial charge < -0.3 is 15.7 Å². The van der Waals surface area contributed by atoms with E-state index in [-0.39, 0.29) is 0 Å². The maximum atomic E-state index is 11.7. The van der Waals surface area contributed by atoms with Crippen LogP contribution < -0.4 is 5.73 Å². The Balaban J connectivity index is 5.03. The Hall–Kier alpha value is -1.10. The summed E-state index contributed by atoms with van der Waals surface area (Å²) in [6.07, 6.45) is 0. The summed E-state index contributed by atoms with van der Waals surface area (Å²) >= 11 is 0. The fourth-order valence-corrected chi connectivity index (χ4v) is 1.04. The van der Waals surface area contributed by atoms with Crippen molar-refractivity contribution in [1.29, 1.82) is 0 Å². The van der Waals surface area contributed by atoms with Crippen LogP contribution in [0.25, 0.3) is 0 Å². The molecule has 5 heteroatoms. The zero-order valence-corrected chi connectivity index (χ0v) is 9.07. The molecule has 0 fully saturated rings. The third-order valence-electron chi connectivity index (χ3n) is 2.44. The van der Waals surface area contributed by atoms with Gasteiger partial charge in [-0.15, -0.1) is 0 Å². The van der Waals surface area contributed by atoms with E-state index in [1.54, 1.807) is 20.8 Å². The summed E-state index contributed by atoms with van der Waals surface area (Å²) in [5.41, 5.74) is 3.80. The number of hydrogen-bond acceptors (Lipinski definition) is 3. The molecule has 3 N–H and O–H groups in total. The Kier molecular flexibility index (Phi) is 4.07. The molecule has 0 aliphatic rings. The van der Waals surface area contributed by atoms with E-state index in [4.69, 9.17) is 10.8 Å². The number of nitrogens with zero attached hydrogens (tertiary/aromatic N) is 1. The highest BCUT2D eigenvalue weighted by Crippen LogP contribution is 2.17. The number of carbonyl (C=O) groups is 2. The second-order valence-corrected chi connectivity index (χ2v) is 3.65. The van der Waals surface area contributed by atoms with E-state index in [2.05, 4.69) is 0 Å². The second-order valence-electron chi connectivity index (χ2n) is 3.65. The topological polar surface area (TPSA) is 83.6 Å². The molecule has 0 aliphatic carbocycles. The van der Waals surface area contributed by atoms with E-state index in [9.17, 15) is 9.59 Å². The van der Waals surface area contributed by atoms with Crippen molar-refractivity contribution in [2.24, 2.45) is 11.7 Å². The van der Waals surface area contributed by atoms with Crippen LogP contribution in [0.1, 0.15) is 20.8 Å². The van der Waals surface area contributed by atoms with Crippen molar-refractivity contribution in [3.63, 3.8) is 0 Å². The number of likely N-dealkylation sites (N-methyl/N-ethyl adjacent to an activating group) is 1. The highest BCUT2D eigenvalue weighted by molar-refractivity contribution is 6.06. The number of carboxylic acid groups (broad SMARTS) is 1. The molecule has 0 saturated heterocycles. The van der Waals surface area contributed by atoms with Crippen molar-refractivity contribution in [3.8, 4) is 0 Å². The minimum atomic E-state index is -1.81. The van der Waals surface area contributed by atoms with E-state index >= 15 is 0 Å². The van der Waals surface area contributed by atoms with Crippen LogP contribution in [0, 0.1) is 5.92 Å².